The van der Waals surface area contributed by atoms with Crippen molar-refractivity contribution < 1.29 is 19.1 Å². The molecule has 1 aliphatic heterocycles. The van der Waals surface area contributed by atoms with Crippen LogP contribution in [-0.2, 0) is 4.79 Å². The minimum Gasteiger partial charge on any atom is -0.493 e. The van der Waals surface area contributed by atoms with Gasteiger partial charge in [0, 0.05) is 5.56 Å². The van der Waals surface area contributed by atoms with Crippen LogP contribution >= 0.6 is 0 Å². The molecule has 20 heavy (non-hydrogen) atoms. The van der Waals surface area contributed by atoms with Crippen LogP contribution in [0, 0.1) is 0 Å². The number of methoxy groups -OCH3 is 1. The molecule has 0 aliphatic carbocycles. The van der Waals surface area contributed by atoms with Crippen molar-refractivity contribution >= 4 is 18.0 Å². The Balaban J connectivity index is 2.43. The monoisotopic (exact) mass is 276 g/mol. The molecule has 0 atom stereocenters. The van der Waals surface area contributed by atoms with Gasteiger partial charge in [-0.2, -0.15) is 0 Å². The molecular weight excluding hydrogens is 260 g/mol. The largest absolute Gasteiger partial charge is 0.493 e. The van der Waals surface area contributed by atoms with Gasteiger partial charge in [0.1, 0.15) is 5.70 Å². The van der Waals surface area contributed by atoms with Crippen LogP contribution in [0.25, 0.3) is 6.08 Å². The Kier molecular flexibility index (Phi) is 3.93. The molecule has 2 rings (SSSR count). The number of imide groups is 1. The van der Waals surface area contributed by atoms with E-state index in [0.717, 1.165) is 0 Å². The van der Waals surface area contributed by atoms with E-state index in [1.807, 2.05) is 13.8 Å². The Hall–Kier alpha value is -2.50. The Morgan fingerprint density at radius 2 is 1.95 bits per heavy atom. The maximum absolute atomic E-state index is 11.5. The van der Waals surface area contributed by atoms with Gasteiger partial charge in [0.15, 0.2) is 11.5 Å². The van der Waals surface area contributed by atoms with E-state index in [0.29, 0.717) is 17.1 Å². The first-order chi connectivity index (χ1) is 9.51. The van der Waals surface area contributed by atoms with Crippen molar-refractivity contribution in [2.24, 2.45) is 0 Å². The molecule has 1 heterocycles. The van der Waals surface area contributed by atoms with Crippen LogP contribution in [0.1, 0.15) is 19.4 Å². The van der Waals surface area contributed by atoms with E-state index in [-0.39, 0.29) is 11.8 Å². The molecule has 0 bridgehead atoms. The molecule has 1 aromatic carbocycles. The van der Waals surface area contributed by atoms with E-state index in [1.165, 1.54) is 0 Å². The fourth-order valence-electron chi connectivity index (χ4n) is 1.81. The molecular formula is C14H16N2O4. The molecule has 0 spiro atoms. The molecule has 6 heteroatoms. The second-order valence-electron chi connectivity index (χ2n) is 4.51. The fraction of sp³-hybridized carbons (Fsp3) is 0.286. The predicted octanol–water partition coefficient (Wildman–Crippen LogP) is 1.66. The molecule has 0 radical (unpaired) electrons. The van der Waals surface area contributed by atoms with E-state index in [4.69, 9.17) is 9.47 Å². The summed E-state index contributed by atoms with van der Waals surface area (Å²) in [5.74, 6) is 0.637. The average Bonchev–Trinajstić information content (AvgIpc) is 2.69. The van der Waals surface area contributed by atoms with Gasteiger partial charge in [-0.1, -0.05) is 12.1 Å². The summed E-state index contributed by atoms with van der Waals surface area (Å²) in [6, 6.07) is 4.81. The van der Waals surface area contributed by atoms with Crippen LogP contribution in [-0.4, -0.2) is 25.2 Å². The van der Waals surface area contributed by atoms with Crippen molar-refractivity contribution in [3.8, 4) is 11.5 Å². The van der Waals surface area contributed by atoms with E-state index in [2.05, 4.69) is 10.6 Å². The third-order valence-electron chi connectivity index (χ3n) is 2.60. The molecule has 6 nitrogen and oxygen atoms in total. The Bertz CT molecular complexity index is 579. The third-order valence-corrected chi connectivity index (χ3v) is 2.60. The van der Waals surface area contributed by atoms with Crippen molar-refractivity contribution in [1.29, 1.82) is 0 Å². The quantitative estimate of drug-likeness (QED) is 0.647. The first kappa shape index (κ1) is 13.9. The molecule has 1 aromatic rings. The summed E-state index contributed by atoms with van der Waals surface area (Å²) in [4.78, 5) is 22.6. The summed E-state index contributed by atoms with van der Waals surface area (Å²) in [7, 11) is 1.55. The van der Waals surface area contributed by atoms with Gasteiger partial charge in [0.2, 0.25) is 0 Å². The van der Waals surface area contributed by atoms with Crippen LogP contribution in [0.5, 0.6) is 11.5 Å². The third kappa shape index (κ3) is 2.90. The summed E-state index contributed by atoms with van der Waals surface area (Å²) in [5, 5.41) is 4.58. The SMILES string of the molecule is COc1cccc(C=C2NC(=O)NC2=O)c1OC(C)C. The normalized spacial score (nSPS) is 16.3. The topological polar surface area (TPSA) is 76.7 Å². The maximum atomic E-state index is 11.5. The Morgan fingerprint density at radius 3 is 2.50 bits per heavy atom. The van der Waals surface area contributed by atoms with Crippen molar-refractivity contribution in [1.82, 2.24) is 10.6 Å². The average molecular weight is 276 g/mol. The van der Waals surface area contributed by atoms with Crippen LogP contribution in [0.3, 0.4) is 0 Å². The van der Waals surface area contributed by atoms with Gasteiger partial charge in [-0.25, -0.2) is 4.79 Å². The summed E-state index contributed by atoms with van der Waals surface area (Å²) >= 11 is 0. The van der Waals surface area contributed by atoms with Gasteiger partial charge in [-0.3, -0.25) is 10.1 Å². The van der Waals surface area contributed by atoms with Crippen molar-refractivity contribution in [3.63, 3.8) is 0 Å². The number of rotatable bonds is 4. The van der Waals surface area contributed by atoms with E-state index < -0.39 is 11.9 Å². The van der Waals surface area contributed by atoms with Crippen LogP contribution < -0.4 is 20.1 Å². The van der Waals surface area contributed by atoms with Crippen LogP contribution in [0.4, 0.5) is 4.79 Å². The van der Waals surface area contributed by atoms with Gasteiger partial charge < -0.3 is 14.8 Å². The lowest BCUT2D eigenvalue weighted by molar-refractivity contribution is -0.115. The molecule has 0 saturated carbocycles. The number of carbonyl (C=O) groups is 2. The highest BCUT2D eigenvalue weighted by molar-refractivity contribution is 6.14. The molecule has 0 unspecified atom stereocenters. The first-order valence-corrected chi connectivity index (χ1v) is 6.19. The number of ether oxygens (including phenoxy) is 2. The smallest absolute Gasteiger partial charge is 0.326 e. The second-order valence-corrected chi connectivity index (χ2v) is 4.51. The zero-order valence-corrected chi connectivity index (χ0v) is 11.5. The minimum absolute atomic E-state index is 0.0459. The highest BCUT2D eigenvalue weighted by atomic mass is 16.5. The number of amides is 3. The molecule has 1 saturated heterocycles. The Morgan fingerprint density at radius 1 is 1.20 bits per heavy atom. The number of urea groups is 1. The molecule has 1 fully saturated rings. The number of nitrogens with one attached hydrogen (secondary N) is 2. The zero-order chi connectivity index (χ0) is 14.7. The van der Waals surface area contributed by atoms with Gasteiger partial charge in [-0.05, 0) is 26.0 Å². The molecule has 1 aliphatic rings. The number of benzene rings is 1. The maximum Gasteiger partial charge on any atom is 0.326 e. The van der Waals surface area contributed by atoms with Gasteiger partial charge in [-0.15, -0.1) is 0 Å². The minimum atomic E-state index is -0.532. The van der Waals surface area contributed by atoms with Crippen molar-refractivity contribution in [2.75, 3.05) is 7.11 Å². The number of hydrogen-bond donors (Lipinski definition) is 2. The first-order valence-electron chi connectivity index (χ1n) is 6.19. The van der Waals surface area contributed by atoms with Crippen molar-refractivity contribution in [2.45, 2.75) is 20.0 Å². The van der Waals surface area contributed by atoms with E-state index in [1.54, 1.807) is 31.4 Å². The second kappa shape index (κ2) is 5.64. The van der Waals surface area contributed by atoms with Gasteiger partial charge >= 0.3 is 6.03 Å². The summed E-state index contributed by atoms with van der Waals surface area (Å²) in [6.07, 6.45) is 1.51. The highest BCUT2D eigenvalue weighted by Crippen LogP contribution is 2.33. The van der Waals surface area contributed by atoms with E-state index >= 15 is 0 Å². The van der Waals surface area contributed by atoms with E-state index in [9.17, 15) is 9.59 Å². The predicted molar refractivity (Wildman–Crippen MR) is 73.4 cm³/mol. The summed E-state index contributed by atoms with van der Waals surface area (Å²) in [5.41, 5.74) is 0.835. The number of carbonyl (C=O) groups excluding carboxylic acids is 2. The lowest BCUT2D eigenvalue weighted by atomic mass is 10.1. The van der Waals surface area contributed by atoms with Crippen LogP contribution in [0.2, 0.25) is 0 Å². The number of hydrogen-bond acceptors (Lipinski definition) is 4. The highest BCUT2D eigenvalue weighted by Gasteiger charge is 2.23. The lowest BCUT2D eigenvalue weighted by Crippen LogP contribution is -2.22. The van der Waals surface area contributed by atoms with Crippen LogP contribution in [0.15, 0.2) is 23.9 Å². The zero-order valence-electron chi connectivity index (χ0n) is 11.5. The molecule has 3 amide bonds. The summed E-state index contributed by atoms with van der Waals surface area (Å²) in [6.45, 7) is 3.79. The molecule has 0 aromatic heterocycles. The number of para-hydroxylation sites is 1. The van der Waals surface area contributed by atoms with Gasteiger partial charge in [0.25, 0.3) is 5.91 Å². The van der Waals surface area contributed by atoms with Gasteiger partial charge in [0.05, 0.1) is 13.2 Å². The summed E-state index contributed by atoms with van der Waals surface area (Å²) < 4.78 is 11.0. The lowest BCUT2D eigenvalue weighted by Gasteiger charge is -2.16. The Labute approximate surface area is 116 Å². The fourth-order valence-corrected chi connectivity index (χ4v) is 1.81. The molecule has 106 valence electrons. The molecule has 2 N–H and O–H groups in total. The van der Waals surface area contributed by atoms with Crippen molar-refractivity contribution in [3.05, 3.63) is 29.5 Å². The standard InChI is InChI=1S/C14H16N2O4/c1-8(2)20-12-9(5-4-6-11(12)19-3)7-10-13(17)16-14(18)15-10/h4-8H,1-3H3,(H2,15,16,17,18).